The highest BCUT2D eigenvalue weighted by Gasteiger charge is 2.36. The summed E-state index contributed by atoms with van der Waals surface area (Å²) >= 11 is 0. The van der Waals surface area contributed by atoms with E-state index in [-0.39, 0.29) is 25.4 Å². The number of hydrogen-bond donors (Lipinski definition) is 1. The first-order chi connectivity index (χ1) is 8.70. The lowest BCUT2D eigenvalue weighted by Gasteiger charge is -2.22. The first kappa shape index (κ1) is 15.1. The zero-order valence-electron chi connectivity index (χ0n) is 10.7. The first-order valence-corrected chi connectivity index (χ1v) is 5.75. The van der Waals surface area contributed by atoms with Crippen molar-refractivity contribution >= 4 is 5.97 Å². The number of carboxylic acids is 1. The Balaban J connectivity index is 2.48. The van der Waals surface area contributed by atoms with E-state index in [1.165, 1.54) is 7.11 Å². The quantitative estimate of drug-likeness (QED) is 0.374. The van der Waals surface area contributed by atoms with Gasteiger partial charge >= 0.3 is 5.97 Å². The molecule has 0 aromatic heterocycles. The predicted octanol–water partition coefficient (Wildman–Crippen LogP) is 0.730. The molecule has 1 aliphatic carbocycles. The van der Waals surface area contributed by atoms with Gasteiger partial charge in [0.15, 0.2) is 0 Å². The van der Waals surface area contributed by atoms with E-state index in [9.17, 15) is 4.79 Å². The van der Waals surface area contributed by atoms with Crippen LogP contribution in [0.2, 0.25) is 0 Å². The van der Waals surface area contributed by atoms with E-state index in [1.807, 2.05) is 6.08 Å². The van der Waals surface area contributed by atoms with E-state index in [0.29, 0.717) is 13.2 Å². The summed E-state index contributed by atoms with van der Waals surface area (Å²) in [4.78, 5) is 11.1. The molecule has 0 fully saturated rings. The number of hydrogen-bond acceptors (Lipinski definition) is 5. The maximum atomic E-state index is 11.1. The van der Waals surface area contributed by atoms with Crippen LogP contribution in [0.5, 0.6) is 0 Å². The predicted molar refractivity (Wildman–Crippen MR) is 62.9 cm³/mol. The lowest BCUT2D eigenvalue weighted by Crippen LogP contribution is -2.29. The molecule has 0 amide bonds. The van der Waals surface area contributed by atoms with E-state index >= 15 is 0 Å². The zero-order valence-corrected chi connectivity index (χ0v) is 10.7. The number of rotatable bonds is 9. The molecule has 0 spiro atoms. The standard InChI is InChI=1S/C12H20O6/c1-15-7-17-5-9-3-4-10(12(13)14)11(9)6-18-8-16-2/h3-4,9-11H,5-8H2,1-2H3,(H,13,14)/t9-,10-,11-/m1/s1. The summed E-state index contributed by atoms with van der Waals surface area (Å²) < 4.78 is 20.1. The molecule has 1 aliphatic rings. The van der Waals surface area contributed by atoms with Crippen molar-refractivity contribution in [3.8, 4) is 0 Å². The summed E-state index contributed by atoms with van der Waals surface area (Å²) in [5, 5.41) is 9.13. The number of carboxylic acid groups (broad SMARTS) is 1. The zero-order chi connectivity index (χ0) is 13.4. The van der Waals surface area contributed by atoms with Crippen LogP contribution >= 0.6 is 0 Å². The number of aliphatic carboxylic acids is 1. The number of ether oxygens (including phenoxy) is 4. The van der Waals surface area contributed by atoms with Crippen molar-refractivity contribution in [1.82, 2.24) is 0 Å². The number of methoxy groups -OCH3 is 2. The second-order valence-corrected chi connectivity index (χ2v) is 4.13. The highest BCUT2D eigenvalue weighted by atomic mass is 16.7. The van der Waals surface area contributed by atoms with E-state index in [2.05, 4.69) is 0 Å². The summed E-state index contributed by atoms with van der Waals surface area (Å²) in [5.74, 6) is -1.47. The monoisotopic (exact) mass is 260 g/mol. The smallest absolute Gasteiger partial charge is 0.310 e. The Labute approximate surface area is 106 Å². The average Bonchev–Trinajstić information content (AvgIpc) is 2.73. The molecule has 1 rings (SSSR count). The van der Waals surface area contributed by atoms with E-state index in [0.717, 1.165) is 0 Å². The van der Waals surface area contributed by atoms with Crippen molar-refractivity contribution in [2.75, 3.05) is 41.0 Å². The molecule has 0 heterocycles. The minimum Gasteiger partial charge on any atom is -0.481 e. The lowest BCUT2D eigenvalue weighted by molar-refractivity contribution is -0.144. The molecular weight excluding hydrogens is 240 g/mol. The van der Waals surface area contributed by atoms with Crippen molar-refractivity contribution in [3.05, 3.63) is 12.2 Å². The molecule has 0 saturated heterocycles. The molecule has 0 aliphatic heterocycles. The molecule has 104 valence electrons. The van der Waals surface area contributed by atoms with E-state index in [4.69, 9.17) is 24.1 Å². The number of carbonyl (C=O) groups is 1. The van der Waals surface area contributed by atoms with Gasteiger partial charge in [0.2, 0.25) is 0 Å². The van der Waals surface area contributed by atoms with Crippen molar-refractivity contribution in [2.24, 2.45) is 17.8 Å². The molecule has 0 aromatic rings. The minimum absolute atomic E-state index is 0.0260. The van der Waals surface area contributed by atoms with E-state index < -0.39 is 11.9 Å². The lowest BCUT2D eigenvalue weighted by atomic mass is 9.89. The molecule has 6 nitrogen and oxygen atoms in total. The molecule has 1 N–H and O–H groups in total. The Bertz CT molecular complexity index is 278. The fourth-order valence-electron chi connectivity index (χ4n) is 2.02. The topological polar surface area (TPSA) is 74.2 Å². The fraction of sp³-hybridized carbons (Fsp3) is 0.750. The Kier molecular flexibility index (Phi) is 6.89. The third kappa shape index (κ3) is 4.38. The van der Waals surface area contributed by atoms with Crippen LogP contribution in [0, 0.1) is 17.8 Å². The Morgan fingerprint density at radius 2 is 1.72 bits per heavy atom. The summed E-state index contributed by atoms with van der Waals surface area (Å²) in [6, 6.07) is 0. The van der Waals surface area contributed by atoms with Gasteiger partial charge in [-0.05, 0) is 0 Å². The first-order valence-electron chi connectivity index (χ1n) is 5.75. The minimum atomic E-state index is -0.841. The van der Waals surface area contributed by atoms with Crippen LogP contribution in [0.3, 0.4) is 0 Å². The SMILES string of the molecule is COCOC[C@@H]1[C@@H](COCOC)C=C[C@H]1C(=O)O. The van der Waals surface area contributed by atoms with Crippen LogP contribution < -0.4 is 0 Å². The van der Waals surface area contributed by atoms with Crippen LogP contribution in [0.1, 0.15) is 0 Å². The molecular formula is C12H20O6. The second-order valence-electron chi connectivity index (χ2n) is 4.13. The third-order valence-corrected chi connectivity index (χ3v) is 2.88. The Morgan fingerprint density at radius 1 is 1.11 bits per heavy atom. The van der Waals surface area contributed by atoms with Gasteiger partial charge in [0.1, 0.15) is 13.6 Å². The van der Waals surface area contributed by atoms with Gasteiger partial charge in [-0.3, -0.25) is 4.79 Å². The molecule has 18 heavy (non-hydrogen) atoms. The van der Waals surface area contributed by atoms with Gasteiger partial charge in [0.25, 0.3) is 0 Å². The van der Waals surface area contributed by atoms with Crippen LogP contribution in [0.25, 0.3) is 0 Å². The van der Waals surface area contributed by atoms with Gasteiger partial charge < -0.3 is 24.1 Å². The van der Waals surface area contributed by atoms with Crippen molar-refractivity contribution in [3.63, 3.8) is 0 Å². The summed E-state index contributed by atoms with van der Waals surface area (Å²) in [7, 11) is 3.07. The maximum absolute atomic E-state index is 11.1. The van der Waals surface area contributed by atoms with Crippen molar-refractivity contribution in [1.29, 1.82) is 0 Å². The van der Waals surface area contributed by atoms with Gasteiger partial charge in [0.05, 0.1) is 19.1 Å². The maximum Gasteiger partial charge on any atom is 0.310 e. The van der Waals surface area contributed by atoms with Crippen molar-refractivity contribution < 1.29 is 28.8 Å². The molecule has 0 saturated carbocycles. The molecule has 0 unspecified atom stereocenters. The fourth-order valence-corrected chi connectivity index (χ4v) is 2.02. The Hall–Kier alpha value is -0.950. The van der Waals surface area contributed by atoms with Gasteiger partial charge in [-0.1, -0.05) is 12.2 Å². The van der Waals surface area contributed by atoms with Gasteiger partial charge in [-0.25, -0.2) is 0 Å². The highest BCUT2D eigenvalue weighted by molar-refractivity contribution is 5.73. The van der Waals surface area contributed by atoms with Gasteiger partial charge in [-0.2, -0.15) is 0 Å². The normalized spacial score (nSPS) is 26.7. The molecule has 0 aromatic carbocycles. The van der Waals surface area contributed by atoms with Crippen LogP contribution in [0.4, 0.5) is 0 Å². The van der Waals surface area contributed by atoms with Gasteiger partial charge in [0, 0.05) is 26.1 Å². The second kappa shape index (κ2) is 8.20. The van der Waals surface area contributed by atoms with Gasteiger partial charge in [-0.15, -0.1) is 0 Å². The largest absolute Gasteiger partial charge is 0.481 e. The van der Waals surface area contributed by atoms with Crippen LogP contribution in [-0.4, -0.2) is 52.1 Å². The van der Waals surface area contributed by atoms with E-state index in [1.54, 1.807) is 13.2 Å². The molecule has 0 bridgehead atoms. The summed E-state index contributed by atoms with van der Waals surface area (Å²) in [6.45, 7) is 1.12. The molecule has 3 atom stereocenters. The highest BCUT2D eigenvalue weighted by Crippen LogP contribution is 2.31. The van der Waals surface area contributed by atoms with Crippen LogP contribution in [-0.2, 0) is 23.7 Å². The summed E-state index contributed by atoms with van der Waals surface area (Å²) in [6.07, 6.45) is 3.57. The third-order valence-electron chi connectivity index (χ3n) is 2.88. The summed E-state index contributed by atoms with van der Waals surface area (Å²) in [5.41, 5.74) is 0. The van der Waals surface area contributed by atoms with Crippen molar-refractivity contribution in [2.45, 2.75) is 0 Å². The molecule has 6 heteroatoms. The average molecular weight is 260 g/mol. The Morgan fingerprint density at radius 3 is 2.28 bits per heavy atom. The van der Waals surface area contributed by atoms with Crippen LogP contribution in [0.15, 0.2) is 12.2 Å². The molecule has 0 radical (unpaired) electrons.